The Kier molecular flexibility index (Phi) is 3.24. The van der Waals surface area contributed by atoms with E-state index in [1.807, 2.05) is 35.0 Å². The molecule has 2 nitrogen and oxygen atoms in total. The summed E-state index contributed by atoms with van der Waals surface area (Å²) >= 11 is 0. The Morgan fingerprint density at radius 2 is 1.70 bits per heavy atom. The van der Waals surface area contributed by atoms with Gasteiger partial charge in [0.2, 0.25) is 0 Å². The maximum Gasteiger partial charge on any atom is 0.159 e. The van der Waals surface area contributed by atoms with Crippen molar-refractivity contribution in [1.29, 1.82) is 0 Å². The van der Waals surface area contributed by atoms with Crippen molar-refractivity contribution < 1.29 is 13.9 Å². The minimum Gasteiger partial charge on any atom is -0.392 e. The summed E-state index contributed by atoms with van der Waals surface area (Å²) in [6, 6.07) is 11.6. The number of fused-ring (bicyclic) bond motifs is 1. The molecule has 3 aromatic rings. The van der Waals surface area contributed by atoms with Gasteiger partial charge < -0.3 is 9.67 Å². The minimum atomic E-state index is -0.839. The van der Waals surface area contributed by atoms with Crippen LogP contribution in [0, 0.1) is 11.6 Å². The van der Waals surface area contributed by atoms with Crippen molar-refractivity contribution in [3.8, 4) is 0 Å². The zero-order chi connectivity index (χ0) is 14.1. The second kappa shape index (κ2) is 5.06. The monoisotopic (exact) mass is 273 g/mol. The van der Waals surface area contributed by atoms with Crippen LogP contribution in [0.4, 0.5) is 8.78 Å². The first-order valence-electron chi connectivity index (χ1n) is 6.30. The topological polar surface area (TPSA) is 25.2 Å². The average Bonchev–Trinajstić information content (AvgIpc) is 2.85. The summed E-state index contributed by atoms with van der Waals surface area (Å²) in [6.07, 6.45) is 1.90. The Balaban J connectivity index is 1.99. The second-order valence-electron chi connectivity index (χ2n) is 4.74. The molecule has 0 spiro atoms. The summed E-state index contributed by atoms with van der Waals surface area (Å²) in [5, 5.41) is 10.2. The van der Waals surface area contributed by atoms with Crippen molar-refractivity contribution in [2.75, 3.05) is 0 Å². The third-order valence-electron chi connectivity index (χ3n) is 3.36. The van der Waals surface area contributed by atoms with Crippen molar-refractivity contribution >= 4 is 10.9 Å². The van der Waals surface area contributed by atoms with Gasteiger partial charge in [-0.2, -0.15) is 0 Å². The Morgan fingerprint density at radius 3 is 2.45 bits per heavy atom. The summed E-state index contributed by atoms with van der Waals surface area (Å²) in [4.78, 5) is 0. The molecule has 0 bridgehead atoms. The highest BCUT2D eigenvalue weighted by Crippen LogP contribution is 2.20. The third-order valence-corrected chi connectivity index (χ3v) is 3.36. The number of hydrogen-bond acceptors (Lipinski definition) is 1. The maximum atomic E-state index is 13.2. The van der Waals surface area contributed by atoms with E-state index < -0.39 is 11.6 Å². The molecular formula is C16H13F2NO. The molecule has 0 aliphatic rings. The fourth-order valence-electron chi connectivity index (χ4n) is 2.30. The molecule has 1 heterocycles. The van der Waals surface area contributed by atoms with E-state index in [1.54, 1.807) is 6.07 Å². The normalized spacial score (nSPS) is 11.2. The molecule has 0 aliphatic carbocycles. The summed E-state index contributed by atoms with van der Waals surface area (Å²) < 4.78 is 28.1. The number of nitrogens with zero attached hydrogens (tertiary/aromatic N) is 1. The van der Waals surface area contributed by atoms with Crippen LogP contribution in [0.1, 0.15) is 11.1 Å². The van der Waals surface area contributed by atoms with Crippen molar-refractivity contribution in [2.45, 2.75) is 13.2 Å². The van der Waals surface area contributed by atoms with E-state index in [0.717, 1.165) is 22.5 Å². The molecule has 4 heteroatoms. The van der Waals surface area contributed by atoms with Crippen LogP contribution in [-0.2, 0) is 13.2 Å². The van der Waals surface area contributed by atoms with Crippen LogP contribution >= 0.6 is 0 Å². The van der Waals surface area contributed by atoms with E-state index in [4.69, 9.17) is 0 Å². The number of hydrogen-bond donors (Lipinski definition) is 1. The number of aliphatic hydroxyl groups is 1. The predicted octanol–water partition coefficient (Wildman–Crippen LogP) is 3.46. The molecule has 3 rings (SSSR count). The molecule has 0 aliphatic heterocycles. The molecule has 20 heavy (non-hydrogen) atoms. The molecule has 0 saturated heterocycles. The first-order chi connectivity index (χ1) is 9.67. The SMILES string of the molecule is OCc1ccc2ccn(Cc3ccc(F)c(F)c3)c2c1. The number of rotatable bonds is 3. The van der Waals surface area contributed by atoms with Gasteiger partial charge in [0.25, 0.3) is 0 Å². The number of halogens is 2. The fraction of sp³-hybridized carbons (Fsp3) is 0.125. The van der Waals surface area contributed by atoms with Gasteiger partial charge in [0.15, 0.2) is 11.6 Å². The van der Waals surface area contributed by atoms with Gasteiger partial charge in [-0.1, -0.05) is 18.2 Å². The zero-order valence-electron chi connectivity index (χ0n) is 10.7. The van der Waals surface area contributed by atoms with Crippen molar-refractivity contribution in [1.82, 2.24) is 4.57 Å². The Labute approximate surface area is 114 Å². The van der Waals surface area contributed by atoms with Gasteiger partial charge in [-0.15, -0.1) is 0 Å². The van der Waals surface area contributed by atoms with E-state index >= 15 is 0 Å². The Hall–Kier alpha value is -2.20. The highest BCUT2D eigenvalue weighted by Gasteiger charge is 2.06. The van der Waals surface area contributed by atoms with E-state index in [2.05, 4.69) is 0 Å². The smallest absolute Gasteiger partial charge is 0.159 e. The predicted molar refractivity (Wildman–Crippen MR) is 73.3 cm³/mol. The molecule has 1 N–H and O–H groups in total. The number of aliphatic hydroxyl groups excluding tert-OH is 1. The summed E-state index contributed by atoms with van der Waals surface area (Å²) in [6.45, 7) is 0.432. The molecule has 0 amide bonds. The van der Waals surface area contributed by atoms with Crippen LogP contribution < -0.4 is 0 Å². The molecule has 102 valence electrons. The van der Waals surface area contributed by atoms with E-state index in [-0.39, 0.29) is 6.61 Å². The lowest BCUT2D eigenvalue weighted by Crippen LogP contribution is -1.99. The number of benzene rings is 2. The Bertz CT molecular complexity index is 764. The molecule has 0 unspecified atom stereocenters. The van der Waals surface area contributed by atoms with Crippen LogP contribution in [0.2, 0.25) is 0 Å². The molecule has 1 aromatic heterocycles. The van der Waals surface area contributed by atoms with Gasteiger partial charge in [-0.05, 0) is 40.8 Å². The first kappa shape index (κ1) is 12.8. The van der Waals surface area contributed by atoms with Gasteiger partial charge in [0, 0.05) is 18.3 Å². The fourth-order valence-corrected chi connectivity index (χ4v) is 2.30. The van der Waals surface area contributed by atoms with E-state index in [1.165, 1.54) is 6.07 Å². The van der Waals surface area contributed by atoms with Gasteiger partial charge in [-0.3, -0.25) is 0 Å². The van der Waals surface area contributed by atoms with Gasteiger partial charge in [0.05, 0.1) is 6.61 Å². The van der Waals surface area contributed by atoms with Crippen molar-refractivity contribution in [2.24, 2.45) is 0 Å². The first-order valence-corrected chi connectivity index (χ1v) is 6.30. The molecule has 0 atom stereocenters. The molecule has 0 saturated carbocycles. The largest absolute Gasteiger partial charge is 0.392 e. The minimum absolute atomic E-state index is 0.0215. The van der Waals surface area contributed by atoms with Crippen molar-refractivity contribution in [3.05, 3.63) is 71.4 Å². The van der Waals surface area contributed by atoms with Crippen LogP contribution in [0.3, 0.4) is 0 Å². The molecule has 2 aromatic carbocycles. The number of aromatic nitrogens is 1. The second-order valence-corrected chi connectivity index (χ2v) is 4.74. The highest BCUT2D eigenvalue weighted by atomic mass is 19.2. The third kappa shape index (κ3) is 2.30. The summed E-state index contributed by atoms with van der Waals surface area (Å²) in [5.74, 6) is -1.68. The van der Waals surface area contributed by atoms with E-state index in [9.17, 15) is 13.9 Å². The lowest BCUT2D eigenvalue weighted by atomic mass is 10.1. The molecule has 0 radical (unpaired) electrons. The molecule has 0 fully saturated rings. The maximum absolute atomic E-state index is 13.2. The van der Waals surface area contributed by atoms with Crippen LogP contribution in [0.25, 0.3) is 10.9 Å². The van der Waals surface area contributed by atoms with Crippen LogP contribution in [0.5, 0.6) is 0 Å². The quantitative estimate of drug-likeness (QED) is 0.776. The average molecular weight is 273 g/mol. The van der Waals surface area contributed by atoms with Gasteiger partial charge >= 0.3 is 0 Å². The van der Waals surface area contributed by atoms with Crippen LogP contribution in [0.15, 0.2) is 48.7 Å². The zero-order valence-corrected chi connectivity index (χ0v) is 10.7. The van der Waals surface area contributed by atoms with Gasteiger partial charge in [-0.25, -0.2) is 8.78 Å². The molecular weight excluding hydrogens is 260 g/mol. The lowest BCUT2D eigenvalue weighted by Gasteiger charge is -2.07. The van der Waals surface area contributed by atoms with E-state index in [0.29, 0.717) is 12.1 Å². The Morgan fingerprint density at radius 1 is 0.900 bits per heavy atom. The lowest BCUT2D eigenvalue weighted by molar-refractivity contribution is 0.282. The summed E-state index contributed by atoms with van der Waals surface area (Å²) in [5.41, 5.74) is 2.47. The van der Waals surface area contributed by atoms with Crippen LogP contribution in [-0.4, -0.2) is 9.67 Å². The van der Waals surface area contributed by atoms with Crippen molar-refractivity contribution in [3.63, 3.8) is 0 Å². The highest BCUT2D eigenvalue weighted by molar-refractivity contribution is 5.80. The van der Waals surface area contributed by atoms with Gasteiger partial charge in [0.1, 0.15) is 0 Å². The summed E-state index contributed by atoms with van der Waals surface area (Å²) in [7, 11) is 0. The standard InChI is InChI=1S/C16H13F2NO/c17-14-4-2-11(7-15(14)18)9-19-6-5-13-3-1-12(10-20)8-16(13)19/h1-8,20H,9-10H2.